The number of nitrogens with one attached hydrogen (secondary N) is 1. The number of carbonyl (C=O) groups is 2. The van der Waals surface area contributed by atoms with Crippen molar-refractivity contribution in [2.75, 3.05) is 39.9 Å². The molecule has 0 radical (unpaired) electrons. The summed E-state index contributed by atoms with van der Waals surface area (Å²) in [7, 11) is 1.63. The van der Waals surface area contributed by atoms with Gasteiger partial charge in [-0.05, 0) is 50.4 Å². The van der Waals surface area contributed by atoms with Crippen LogP contribution in [-0.4, -0.2) is 67.6 Å². The molecule has 3 rings (SSSR count). The number of likely N-dealkylation sites (tertiary alicyclic amines) is 1. The van der Waals surface area contributed by atoms with Crippen molar-refractivity contribution in [3.05, 3.63) is 35.4 Å². The molecule has 0 saturated carbocycles. The first kappa shape index (κ1) is 19.8. The minimum absolute atomic E-state index is 0.0172. The Bertz CT molecular complexity index is 656. The van der Waals surface area contributed by atoms with Gasteiger partial charge < -0.3 is 15.0 Å². The fraction of sp³-hybridized carbons (Fsp3) is 0.619. The molecule has 0 aliphatic carbocycles. The smallest absolute Gasteiger partial charge is 0.234 e. The Morgan fingerprint density at radius 2 is 1.89 bits per heavy atom. The van der Waals surface area contributed by atoms with Crippen molar-refractivity contribution >= 4 is 11.8 Å². The van der Waals surface area contributed by atoms with Crippen molar-refractivity contribution in [1.29, 1.82) is 0 Å². The van der Waals surface area contributed by atoms with Gasteiger partial charge in [-0.2, -0.15) is 0 Å². The molecule has 1 fully saturated rings. The fourth-order valence-corrected chi connectivity index (χ4v) is 4.10. The van der Waals surface area contributed by atoms with E-state index in [0.29, 0.717) is 13.2 Å². The van der Waals surface area contributed by atoms with Gasteiger partial charge in [0.2, 0.25) is 11.8 Å². The second-order valence-corrected chi connectivity index (χ2v) is 7.75. The van der Waals surface area contributed by atoms with Crippen molar-refractivity contribution in [3.8, 4) is 0 Å². The van der Waals surface area contributed by atoms with Crippen LogP contribution in [0.3, 0.4) is 0 Å². The largest absolute Gasteiger partial charge is 0.383 e. The number of piperidine rings is 1. The third-order valence-corrected chi connectivity index (χ3v) is 5.57. The first-order valence-electron chi connectivity index (χ1n) is 9.93. The molecule has 0 bridgehead atoms. The van der Waals surface area contributed by atoms with E-state index in [-0.39, 0.29) is 23.8 Å². The van der Waals surface area contributed by atoms with Gasteiger partial charge >= 0.3 is 0 Å². The van der Waals surface area contributed by atoms with Gasteiger partial charge in [0.25, 0.3) is 0 Å². The van der Waals surface area contributed by atoms with Gasteiger partial charge in [-0.3, -0.25) is 14.5 Å². The number of benzene rings is 1. The Morgan fingerprint density at radius 3 is 2.59 bits per heavy atom. The highest BCUT2D eigenvalue weighted by Gasteiger charge is 2.30. The molecule has 1 saturated heterocycles. The van der Waals surface area contributed by atoms with Crippen LogP contribution in [0.5, 0.6) is 0 Å². The maximum absolute atomic E-state index is 12.9. The third kappa shape index (κ3) is 5.30. The van der Waals surface area contributed by atoms with Crippen LogP contribution < -0.4 is 5.32 Å². The van der Waals surface area contributed by atoms with E-state index in [2.05, 4.69) is 28.4 Å². The molecule has 2 amide bonds. The quantitative estimate of drug-likeness (QED) is 0.820. The highest BCUT2D eigenvalue weighted by molar-refractivity contribution is 5.80. The molecule has 6 heteroatoms. The highest BCUT2D eigenvalue weighted by atomic mass is 16.5. The van der Waals surface area contributed by atoms with Gasteiger partial charge in [0.05, 0.1) is 13.2 Å². The highest BCUT2D eigenvalue weighted by Crippen LogP contribution is 2.24. The van der Waals surface area contributed by atoms with Gasteiger partial charge in [-0.15, -0.1) is 0 Å². The van der Waals surface area contributed by atoms with E-state index in [9.17, 15) is 9.59 Å². The zero-order chi connectivity index (χ0) is 19.2. The molecule has 1 N–H and O–H groups in total. The standard InChI is InChI=1S/C21H31N3O3/c1-16(15-27-2)22-20(25)14-23-10-7-18(8-11-23)21(26)24-12-9-17-5-3-4-6-19(17)13-24/h3-6,16,18H,7-15H2,1-2H3,(H,22,25)/t16-/m1/s1. The summed E-state index contributed by atoms with van der Waals surface area (Å²) in [6.45, 7) is 5.99. The summed E-state index contributed by atoms with van der Waals surface area (Å²) in [6.07, 6.45) is 2.61. The lowest BCUT2D eigenvalue weighted by Crippen LogP contribution is -2.47. The number of hydrogen-bond donors (Lipinski definition) is 1. The van der Waals surface area contributed by atoms with Crippen LogP contribution in [0.25, 0.3) is 0 Å². The Kier molecular flexibility index (Phi) is 6.85. The van der Waals surface area contributed by atoms with Gasteiger partial charge in [-0.1, -0.05) is 24.3 Å². The summed E-state index contributed by atoms with van der Waals surface area (Å²) < 4.78 is 5.04. The van der Waals surface area contributed by atoms with E-state index in [0.717, 1.165) is 45.4 Å². The lowest BCUT2D eigenvalue weighted by atomic mass is 9.93. The molecule has 1 aromatic carbocycles. The Balaban J connectivity index is 1.44. The topological polar surface area (TPSA) is 61.9 Å². The number of rotatable bonds is 6. The monoisotopic (exact) mass is 373 g/mol. The second kappa shape index (κ2) is 9.33. The predicted molar refractivity (Wildman–Crippen MR) is 104 cm³/mol. The first-order valence-corrected chi connectivity index (χ1v) is 9.93. The molecule has 2 heterocycles. The number of methoxy groups -OCH3 is 1. The summed E-state index contributed by atoms with van der Waals surface area (Å²) >= 11 is 0. The second-order valence-electron chi connectivity index (χ2n) is 7.75. The van der Waals surface area contributed by atoms with Gasteiger partial charge in [0.15, 0.2) is 0 Å². The number of nitrogens with zero attached hydrogens (tertiary/aromatic N) is 2. The third-order valence-electron chi connectivity index (χ3n) is 5.57. The van der Waals surface area contributed by atoms with E-state index < -0.39 is 0 Å². The average molecular weight is 373 g/mol. The van der Waals surface area contributed by atoms with E-state index in [4.69, 9.17) is 4.74 Å². The summed E-state index contributed by atoms with van der Waals surface area (Å²) in [5.41, 5.74) is 2.64. The van der Waals surface area contributed by atoms with Crippen molar-refractivity contribution < 1.29 is 14.3 Å². The molecule has 2 aliphatic heterocycles. The van der Waals surface area contributed by atoms with Gasteiger partial charge in [-0.25, -0.2) is 0 Å². The summed E-state index contributed by atoms with van der Waals surface area (Å²) in [6, 6.07) is 8.42. The van der Waals surface area contributed by atoms with Crippen LogP contribution in [0.2, 0.25) is 0 Å². The summed E-state index contributed by atoms with van der Waals surface area (Å²) in [5.74, 6) is 0.390. The molecule has 148 valence electrons. The Hall–Kier alpha value is -1.92. The molecule has 0 spiro atoms. The first-order chi connectivity index (χ1) is 13.1. The molecule has 0 unspecified atom stereocenters. The van der Waals surface area contributed by atoms with Crippen LogP contribution in [0.15, 0.2) is 24.3 Å². The van der Waals surface area contributed by atoms with Gasteiger partial charge in [0.1, 0.15) is 0 Å². The lowest BCUT2D eigenvalue weighted by Gasteiger charge is -2.36. The number of fused-ring (bicyclic) bond motifs is 1. The average Bonchev–Trinajstić information content (AvgIpc) is 2.67. The van der Waals surface area contributed by atoms with Crippen LogP contribution in [0, 0.1) is 5.92 Å². The van der Waals surface area contributed by atoms with Crippen LogP contribution in [0.4, 0.5) is 0 Å². The molecule has 0 aromatic heterocycles. The number of hydrogen-bond acceptors (Lipinski definition) is 4. The van der Waals surface area contributed by atoms with E-state index in [1.54, 1.807) is 7.11 Å². The number of ether oxygens (including phenoxy) is 1. The molecular formula is C21H31N3O3. The maximum Gasteiger partial charge on any atom is 0.234 e. The Morgan fingerprint density at radius 1 is 1.19 bits per heavy atom. The molecule has 6 nitrogen and oxygen atoms in total. The zero-order valence-electron chi connectivity index (χ0n) is 16.4. The molecule has 27 heavy (non-hydrogen) atoms. The normalized spacial score (nSPS) is 19.4. The zero-order valence-corrected chi connectivity index (χ0v) is 16.4. The fourth-order valence-electron chi connectivity index (χ4n) is 4.10. The molecule has 1 aromatic rings. The minimum Gasteiger partial charge on any atom is -0.383 e. The number of carbonyl (C=O) groups excluding carboxylic acids is 2. The molecule has 1 atom stereocenters. The van der Waals surface area contributed by atoms with Crippen molar-refractivity contribution in [1.82, 2.24) is 15.1 Å². The van der Waals surface area contributed by atoms with Gasteiger partial charge in [0, 0.05) is 32.2 Å². The minimum atomic E-state index is 0.0172. The summed E-state index contributed by atoms with van der Waals surface area (Å²) in [5, 5.41) is 2.94. The van der Waals surface area contributed by atoms with Crippen LogP contribution >= 0.6 is 0 Å². The Labute approximate surface area is 161 Å². The predicted octanol–water partition coefficient (Wildman–Crippen LogP) is 1.43. The van der Waals surface area contributed by atoms with Crippen molar-refractivity contribution in [3.63, 3.8) is 0 Å². The van der Waals surface area contributed by atoms with Crippen LogP contribution in [-0.2, 0) is 27.3 Å². The molecular weight excluding hydrogens is 342 g/mol. The summed E-state index contributed by atoms with van der Waals surface area (Å²) in [4.78, 5) is 29.2. The van der Waals surface area contributed by atoms with Crippen LogP contribution in [0.1, 0.15) is 30.9 Å². The van der Waals surface area contributed by atoms with E-state index in [1.807, 2.05) is 17.9 Å². The SMILES string of the molecule is COC[C@@H](C)NC(=O)CN1CCC(C(=O)N2CCc3ccccc3C2)CC1. The maximum atomic E-state index is 12.9. The van der Waals surface area contributed by atoms with E-state index in [1.165, 1.54) is 11.1 Å². The van der Waals surface area contributed by atoms with E-state index >= 15 is 0 Å². The number of amides is 2. The van der Waals surface area contributed by atoms with Crippen molar-refractivity contribution in [2.45, 2.75) is 38.8 Å². The van der Waals surface area contributed by atoms with Crippen molar-refractivity contribution in [2.24, 2.45) is 5.92 Å². The molecule has 2 aliphatic rings. The lowest BCUT2D eigenvalue weighted by molar-refractivity contribution is -0.138.